The van der Waals surface area contributed by atoms with Crippen molar-refractivity contribution in [3.05, 3.63) is 70.4 Å². The Kier molecular flexibility index (Phi) is 5.19. The van der Waals surface area contributed by atoms with Crippen LogP contribution in [0.25, 0.3) is 10.9 Å². The average Bonchev–Trinajstić information content (AvgIpc) is 2.62. The van der Waals surface area contributed by atoms with Crippen LogP contribution in [0.1, 0.15) is 21.6 Å². The lowest BCUT2D eigenvalue weighted by Crippen LogP contribution is -2.21. The molecule has 26 heavy (non-hydrogen) atoms. The highest BCUT2D eigenvalue weighted by molar-refractivity contribution is 6.31. The van der Waals surface area contributed by atoms with Gasteiger partial charge in [0.2, 0.25) is 5.91 Å². The van der Waals surface area contributed by atoms with Crippen LogP contribution < -0.4 is 10.6 Å². The van der Waals surface area contributed by atoms with Gasteiger partial charge in [-0.3, -0.25) is 14.6 Å². The Morgan fingerprint density at radius 2 is 1.88 bits per heavy atom. The van der Waals surface area contributed by atoms with Gasteiger partial charge in [-0.15, -0.1) is 0 Å². The fraction of sp³-hybridized carbons (Fsp3) is 0.150. The summed E-state index contributed by atoms with van der Waals surface area (Å²) in [6, 6.07) is 14.4. The predicted octanol–water partition coefficient (Wildman–Crippen LogP) is 3.74. The minimum atomic E-state index is -0.277. The first kappa shape index (κ1) is 17.9. The van der Waals surface area contributed by atoms with Crippen molar-refractivity contribution in [3.63, 3.8) is 0 Å². The van der Waals surface area contributed by atoms with Crippen LogP contribution in [0.4, 0.5) is 5.69 Å². The number of carbonyl (C=O) groups excluding carboxylic acids is 2. The lowest BCUT2D eigenvalue weighted by atomic mass is 10.1. The van der Waals surface area contributed by atoms with Crippen LogP contribution in [0.3, 0.4) is 0 Å². The Bertz CT molecular complexity index is 1000. The number of aromatic nitrogens is 1. The first-order chi connectivity index (χ1) is 12.5. The standard InChI is InChI=1S/C20H18ClN3O2/c1-12-16(10-14-9-15(21)7-8-18(14)23-12)20(26)24-17-6-4-3-5-13(17)11-19(25)22-2/h3-10H,11H2,1-2H3,(H,22,25)(H,24,26). The molecule has 2 amide bonds. The van der Waals surface area contributed by atoms with Gasteiger partial charge in [0, 0.05) is 23.1 Å². The lowest BCUT2D eigenvalue weighted by Gasteiger charge is -2.12. The number of pyridine rings is 1. The van der Waals surface area contributed by atoms with Crippen molar-refractivity contribution in [1.82, 2.24) is 10.3 Å². The maximum absolute atomic E-state index is 12.8. The number of anilines is 1. The van der Waals surface area contributed by atoms with Crippen molar-refractivity contribution in [2.75, 3.05) is 12.4 Å². The van der Waals surface area contributed by atoms with E-state index in [-0.39, 0.29) is 18.2 Å². The van der Waals surface area contributed by atoms with Crippen molar-refractivity contribution in [2.24, 2.45) is 0 Å². The summed E-state index contributed by atoms with van der Waals surface area (Å²) in [4.78, 5) is 28.9. The Morgan fingerprint density at radius 1 is 1.12 bits per heavy atom. The minimum absolute atomic E-state index is 0.120. The van der Waals surface area contributed by atoms with Crippen LogP contribution in [0, 0.1) is 6.92 Å². The second kappa shape index (κ2) is 7.54. The van der Waals surface area contributed by atoms with Crippen molar-refractivity contribution < 1.29 is 9.59 Å². The van der Waals surface area contributed by atoms with Gasteiger partial charge in [0.1, 0.15) is 0 Å². The summed E-state index contributed by atoms with van der Waals surface area (Å²) in [6.45, 7) is 1.79. The van der Waals surface area contributed by atoms with E-state index in [1.54, 1.807) is 38.2 Å². The molecule has 0 aliphatic rings. The van der Waals surface area contributed by atoms with Gasteiger partial charge in [-0.2, -0.15) is 0 Å². The number of aryl methyl sites for hydroxylation is 1. The van der Waals surface area contributed by atoms with Crippen LogP contribution in [-0.4, -0.2) is 23.8 Å². The van der Waals surface area contributed by atoms with E-state index in [9.17, 15) is 9.59 Å². The Morgan fingerprint density at radius 3 is 2.65 bits per heavy atom. The molecule has 0 bridgehead atoms. The molecule has 0 saturated carbocycles. The quantitative estimate of drug-likeness (QED) is 0.738. The number of fused-ring (bicyclic) bond motifs is 1. The SMILES string of the molecule is CNC(=O)Cc1ccccc1NC(=O)c1cc2cc(Cl)ccc2nc1C. The molecule has 0 aliphatic heterocycles. The zero-order valence-electron chi connectivity index (χ0n) is 14.5. The van der Waals surface area contributed by atoms with Gasteiger partial charge < -0.3 is 10.6 Å². The smallest absolute Gasteiger partial charge is 0.257 e. The summed E-state index contributed by atoms with van der Waals surface area (Å²) in [5.41, 5.74) is 3.22. The molecule has 132 valence electrons. The van der Waals surface area contributed by atoms with E-state index >= 15 is 0 Å². The van der Waals surface area contributed by atoms with Crippen molar-refractivity contribution >= 4 is 40.0 Å². The normalized spacial score (nSPS) is 10.6. The molecule has 2 aromatic carbocycles. The molecule has 3 rings (SSSR count). The van der Waals surface area contributed by atoms with E-state index in [0.717, 1.165) is 16.5 Å². The van der Waals surface area contributed by atoms with Gasteiger partial charge in [0.15, 0.2) is 0 Å². The van der Waals surface area contributed by atoms with Crippen LogP contribution in [0.15, 0.2) is 48.5 Å². The maximum Gasteiger partial charge on any atom is 0.257 e. The summed E-state index contributed by atoms with van der Waals surface area (Å²) >= 11 is 6.04. The number of carbonyl (C=O) groups is 2. The highest BCUT2D eigenvalue weighted by Gasteiger charge is 2.14. The first-order valence-corrected chi connectivity index (χ1v) is 8.52. The van der Waals surface area contributed by atoms with Crippen molar-refractivity contribution in [1.29, 1.82) is 0 Å². The number of amides is 2. The summed E-state index contributed by atoms with van der Waals surface area (Å²) in [5, 5.41) is 6.86. The van der Waals surface area contributed by atoms with Crippen LogP contribution in [0.2, 0.25) is 5.02 Å². The second-order valence-corrected chi connectivity index (χ2v) is 6.36. The monoisotopic (exact) mass is 367 g/mol. The fourth-order valence-electron chi connectivity index (χ4n) is 2.72. The van der Waals surface area contributed by atoms with E-state index in [1.807, 2.05) is 24.3 Å². The van der Waals surface area contributed by atoms with Crippen LogP contribution in [0.5, 0.6) is 0 Å². The largest absolute Gasteiger partial charge is 0.359 e. The van der Waals surface area contributed by atoms with Gasteiger partial charge in [-0.05, 0) is 42.8 Å². The molecule has 3 aromatic rings. The van der Waals surface area contributed by atoms with Gasteiger partial charge in [-0.1, -0.05) is 29.8 Å². The molecular weight excluding hydrogens is 350 g/mol. The highest BCUT2D eigenvalue weighted by Crippen LogP contribution is 2.22. The van der Waals surface area contributed by atoms with Crippen LogP contribution in [-0.2, 0) is 11.2 Å². The summed E-state index contributed by atoms with van der Waals surface area (Å²) < 4.78 is 0. The molecule has 0 saturated heterocycles. The molecule has 0 unspecified atom stereocenters. The molecule has 0 radical (unpaired) electrons. The Balaban J connectivity index is 1.92. The molecule has 0 spiro atoms. The Labute approximate surface area is 156 Å². The number of rotatable bonds is 4. The molecule has 5 nitrogen and oxygen atoms in total. The van der Waals surface area contributed by atoms with Gasteiger partial charge >= 0.3 is 0 Å². The number of para-hydroxylation sites is 1. The third kappa shape index (κ3) is 3.83. The number of likely N-dealkylation sites (N-methyl/N-ethyl adjacent to an activating group) is 1. The third-order valence-electron chi connectivity index (χ3n) is 4.11. The number of nitrogens with zero attached hydrogens (tertiary/aromatic N) is 1. The van der Waals surface area contributed by atoms with Gasteiger partial charge in [0.05, 0.1) is 23.2 Å². The van der Waals surface area contributed by atoms with E-state index in [4.69, 9.17) is 11.6 Å². The number of halogens is 1. The molecule has 0 fully saturated rings. The lowest BCUT2D eigenvalue weighted by molar-refractivity contribution is -0.119. The van der Waals surface area contributed by atoms with E-state index in [0.29, 0.717) is 22.0 Å². The third-order valence-corrected chi connectivity index (χ3v) is 4.34. The van der Waals surface area contributed by atoms with Crippen LogP contribution >= 0.6 is 11.6 Å². The summed E-state index contributed by atoms with van der Waals surface area (Å²) in [5.74, 6) is -0.397. The number of hydrogen-bond donors (Lipinski definition) is 2. The van der Waals surface area contributed by atoms with Gasteiger partial charge in [-0.25, -0.2) is 0 Å². The molecule has 1 heterocycles. The Hall–Kier alpha value is -2.92. The molecular formula is C20H18ClN3O2. The van der Waals surface area contributed by atoms with Crippen molar-refractivity contribution in [3.8, 4) is 0 Å². The summed E-state index contributed by atoms with van der Waals surface area (Å²) in [7, 11) is 1.58. The molecule has 0 atom stereocenters. The zero-order chi connectivity index (χ0) is 18.7. The number of nitrogens with one attached hydrogen (secondary N) is 2. The average molecular weight is 368 g/mol. The van der Waals surface area contributed by atoms with E-state index in [2.05, 4.69) is 15.6 Å². The minimum Gasteiger partial charge on any atom is -0.359 e. The molecule has 2 N–H and O–H groups in total. The molecule has 6 heteroatoms. The fourth-order valence-corrected chi connectivity index (χ4v) is 2.90. The predicted molar refractivity (Wildman–Crippen MR) is 104 cm³/mol. The molecule has 1 aromatic heterocycles. The molecule has 0 aliphatic carbocycles. The zero-order valence-corrected chi connectivity index (χ0v) is 15.2. The van der Waals surface area contributed by atoms with E-state index in [1.165, 1.54) is 0 Å². The van der Waals surface area contributed by atoms with Gasteiger partial charge in [0.25, 0.3) is 5.91 Å². The number of hydrogen-bond acceptors (Lipinski definition) is 3. The van der Waals surface area contributed by atoms with Crippen molar-refractivity contribution in [2.45, 2.75) is 13.3 Å². The van der Waals surface area contributed by atoms with E-state index < -0.39 is 0 Å². The maximum atomic E-state index is 12.8. The first-order valence-electron chi connectivity index (χ1n) is 8.14. The summed E-state index contributed by atoms with van der Waals surface area (Å²) in [6.07, 6.45) is 0.192. The highest BCUT2D eigenvalue weighted by atomic mass is 35.5. The topological polar surface area (TPSA) is 71.1 Å². The number of benzene rings is 2. The second-order valence-electron chi connectivity index (χ2n) is 5.92.